The van der Waals surface area contributed by atoms with Crippen molar-refractivity contribution in [1.82, 2.24) is 0 Å². The van der Waals surface area contributed by atoms with Crippen LogP contribution in [0.3, 0.4) is 0 Å². The van der Waals surface area contributed by atoms with E-state index in [0.29, 0.717) is 0 Å². The molecule has 0 aromatic heterocycles. The van der Waals surface area contributed by atoms with E-state index in [-0.39, 0.29) is 22.2 Å². The Labute approximate surface area is 144 Å². The van der Waals surface area contributed by atoms with E-state index in [2.05, 4.69) is 0 Å². The maximum Gasteiger partial charge on any atom is 0.326 e. The summed E-state index contributed by atoms with van der Waals surface area (Å²) in [6.07, 6.45) is 0. The molecule has 2 aromatic rings. The van der Waals surface area contributed by atoms with Crippen molar-refractivity contribution < 1.29 is 22.3 Å². The van der Waals surface area contributed by atoms with Gasteiger partial charge >= 0.3 is 5.97 Å². The van der Waals surface area contributed by atoms with Crippen LogP contribution in [0.4, 0.5) is 10.1 Å². The molecule has 2 rings (SSSR count). The second kappa shape index (κ2) is 7.63. The summed E-state index contributed by atoms with van der Waals surface area (Å²) in [5.41, 5.74) is 0.129. The fourth-order valence-corrected chi connectivity index (χ4v) is 3.92. The number of anilines is 1. The molecule has 24 heavy (non-hydrogen) atoms. The smallest absolute Gasteiger partial charge is 0.326 e. The van der Waals surface area contributed by atoms with Gasteiger partial charge in [0, 0.05) is 0 Å². The highest BCUT2D eigenvalue weighted by atomic mass is 35.5. The molecule has 0 spiro atoms. The minimum absolute atomic E-state index is 0.0217. The number of carbonyl (C=O) groups excluding carboxylic acids is 1. The lowest BCUT2D eigenvalue weighted by atomic mass is 10.3. The molecule has 128 valence electrons. The zero-order valence-corrected chi connectivity index (χ0v) is 14.3. The van der Waals surface area contributed by atoms with Crippen molar-refractivity contribution in [1.29, 1.82) is 0 Å². The molecule has 2 aromatic carbocycles. The molecule has 0 saturated carbocycles. The van der Waals surface area contributed by atoms with Crippen molar-refractivity contribution in [2.24, 2.45) is 0 Å². The highest BCUT2D eigenvalue weighted by Gasteiger charge is 2.29. The van der Waals surface area contributed by atoms with Crippen LogP contribution in [0.15, 0.2) is 53.4 Å². The Morgan fingerprint density at radius 1 is 1.17 bits per heavy atom. The van der Waals surface area contributed by atoms with Gasteiger partial charge in [0.1, 0.15) is 17.3 Å². The Hall–Kier alpha value is -2.12. The van der Waals surface area contributed by atoms with Gasteiger partial charge in [-0.2, -0.15) is 0 Å². The van der Waals surface area contributed by atoms with E-state index >= 15 is 0 Å². The van der Waals surface area contributed by atoms with Crippen LogP contribution in [0.1, 0.15) is 6.92 Å². The van der Waals surface area contributed by atoms with Crippen molar-refractivity contribution in [2.45, 2.75) is 11.8 Å². The molecule has 0 aliphatic rings. The van der Waals surface area contributed by atoms with Gasteiger partial charge in [-0.1, -0.05) is 23.7 Å². The molecular weight excluding hydrogens is 357 g/mol. The third-order valence-electron chi connectivity index (χ3n) is 3.10. The SMILES string of the molecule is CCOC(=O)CN(c1ccc(F)cc1)S(=O)(=O)c1ccccc1Cl. The minimum Gasteiger partial charge on any atom is -0.465 e. The van der Waals surface area contributed by atoms with E-state index in [4.69, 9.17) is 16.3 Å². The van der Waals surface area contributed by atoms with E-state index in [9.17, 15) is 17.6 Å². The number of rotatable bonds is 6. The number of carbonyl (C=O) groups is 1. The van der Waals surface area contributed by atoms with Gasteiger partial charge < -0.3 is 4.74 Å². The largest absolute Gasteiger partial charge is 0.465 e. The van der Waals surface area contributed by atoms with E-state index in [1.54, 1.807) is 13.0 Å². The Kier molecular flexibility index (Phi) is 5.80. The number of halogens is 2. The number of benzene rings is 2. The summed E-state index contributed by atoms with van der Waals surface area (Å²) in [6, 6.07) is 10.6. The molecule has 0 aliphatic heterocycles. The van der Waals surface area contributed by atoms with Crippen molar-refractivity contribution in [3.8, 4) is 0 Å². The van der Waals surface area contributed by atoms with Crippen molar-refractivity contribution in [3.63, 3.8) is 0 Å². The highest BCUT2D eigenvalue weighted by molar-refractivity contribution is 7.93. The zero-order valence-electron chi connectivity index (χ0n) is 12.8. The fraction of sp³-hybridized carbons (Fsp3) is 0.188. The summed E-state index contributed by atoms with van der Waals surface area (Å²) < 4.78 is 44.6. The van der Waals surface area contributed by atoms with Gasteiger partial charge in [-0.3, -0.25) is 9.10 Å². The predicted molar refractivity (Wildman–Crippen MR) is 89.0 cm³/mol. The van der Waals surface area contributed by atoms with E-state index in [0.717, 1.165) is 16.4 Å². The predicted octanol–water partition coefficient (Wildman–Crippen LogP) is 3.24. The molecule has 0 heterocycles. The lowest BCUT2D eigenvalue weighted by molar-refractivity contribution is -0.141. The number of ether oxygens (including phenoxy) is 1. The van der Waals surface area contributed by atoms with E-state index in [1.165, 1.54) is 30.3 Å². The molecule has 8 heteroatoms. The van der Waals surface area contributed by atoms with Gasteiger partial charge in [-0.25, -0.2) is 12.8 Å². The first-order valence-electron chi connectivity index (χ1n) is 7.04. The fourth-order valence-electron chi connectivity index (χ4n) is 2.02. The Morgan fingerprint density at radius 3 is 2.38 bits per heavy atom. The quantitative estimate of drug-likeness (QED) is 0.731. The molecule has 0 aliphatic carbocycles. The first-order valence-corrected chi connectivity index (χ1v) is 8.86. The molecule has 0 atom stereocenters. The Morgan fingerprint density at radius 2 is 1.79 bits per heavy atom. The molecule has 0 radical (unpaired) electrons. The van der Waals surface area contributed by atoms with Crippen LogP contribution >= 0.6 is 11.6 Å². The summed E-state index contributed by atoms with van der Waals surface area (Å²) in [5, 5.41) is 0.0217. The molecule has 0 N–H and O–H groups in total. The third-order valence-corrected chi connectivity index (χ3v) is 5.37. The van der Waals surface area contributed by atoms with Gasteiger partial charge in [-0.15, -0.1) is 0 Å². The molecule has 0 amide bonds. The second-order valence-electron chi connectivity index (χ2n) is 4.72. The molecule has 0 bridgehead atoms. The standard InChI is InChI=1S/C16H15ClFNO4S/c1-2-23-16(20)11-19(13-9-7-12(18)8-10-13)24(21,22)15-6-4-3-5-14(15)17/h3-10H,2,11H2,1H3. The maximum absolute atomic E-state index is 13.1. The van der Waals surface area contributed by atoms with Gasteiger partial charge in [0.2, 0.25) is 0 Å². The van der Waals surface area contributed by atoms with Crippen LogP contribution in [-0.4, -0.2) is 27.5 Å². The van der Waals surface area contributed by atoms with Crippen LogP contribution in [0.25, 0.3) is 0 Å². The lowest BCUT2D eigenvalue weighted by Gasteiger charge is -2.24. The highest BCUT2D eigenvalue weighted by Crippen LogP contribution is 2.28. The van der Waals surface area contributed by atoms with Crippen molar-refractivity contribution in [3.05, 3.63) is 59.4 Å². The van der Waals surface area contributed by atoms with Crippen LogP contribution in [0, 0.1) is 5.82 Å². The Bertz CT molecular complexity index is 824. The average molecular weight is 372 g/mol. The molecule has 5 nitrogen and oxygen atoms in total. The van der Waals surface area contributed by atoms with Crippen LogP contribution < -0.4 is 4.31 Å². The summed E-state index contributed by atoms with van der Waals surface area (Å²) in [7, 11) is -4.13. The van der Waals surface area contributed by atoms with Crippen LogP contribution in [0.2, 0.25) is 5.02 Å². The maximum atomic E-state index is 13.1. The average Bonchev–Trinajstić information content (AvgIpc) is 2.54. The first kappa shape index (κ1) is 18.2. The summed E-state index contributed by atoms with van der Waals surface area (Å²) in [5.74, 6) is -1.25. The molecular formula is C16H15ClFNO4S. The monoisotopic (exact) mass is 371 g/mol. The second-order valence-corrected chi connectivity index (χ2v) is 6.96. The number of hydrogen-bond acceptors (Lipinski definition) is 4. The van der Waals surface area contributed by atoms with Crippen LogP contribution in [-0.2, 0) is 19.6 Å². The summed E-state index contributed by atoms with van der Waals surface area (Å²) in [4.78, 5) is 11.7. The normalized spacial score (nSPS) is 11.1. The number of esters is 1. The molecule has 0 unspecified atom stereocenters. The number of nitrogens with zero attached hydrogens (tertiary/aromatic N) is 1. The topological polar surface area (TPSA) is 63.7 Å². The van der Waals surface area contributed by atoms with E-state index in [1.807, 2.05) is 0 Å². The first-order chi connectivity index (χ1) is 11.4. The van der Waals surface area contributed by atoms with Gasteiger partial charge in [0.15, 0.2) is 0 Å². The summed E-state index contributed by atoms with van der Waals surface area (Å²) in [6.45, 7) is 1.18. The van der Waals surface area contributed by atoms with Crippen molar-refractivity contribution in [2.75, 3.05) is 17.5 Å². The van der Waals surface area contributed by atoms with Gasteiger partial charge in [-0.05, 0) is 43.3 Å². The molecule has 0 fully saturated rings. The lowest BCUT2D eigenvalue weighted by Crippen LogP contribution is -2.36. The third kappa shape index (κ3) is 4.04. The molecule has 0 saturated heterocycles. The van der Waals surface area contributed by atoms with Crippen LogP contribution in [0.5, 0.6) is 0 Å². The van der Waals surface area contributed by atoms with Gasteiger partial charge in [0.25, 0.3) is 10.0 Å². The van der Waals surface area contributed by atoms with Gasteiger partial charge in [0.05, 0.1) is 17.3 Å². The number of hydrogen-bond donors (Lipinski definition) is 0. The Balaban J connectivity index is 2.50. The zero-order chi connectivity index (χ0) is 17.7. The summed E-state index contributed by atoms with van der Waals surface area (Å²) >= 11 is 5.98. The van der Waals surface area contributed by atoms with Crippen molar-refractivity contribution >= 4 is 33.3 Å². The minimum atomic E-state index is -4.13. The van der Waals surface area contributed by atoms with E-state index < -0.39 is 28.4 Å². The number of sulfonamides is 1.